The predicted molar refractivity (Wildman–Crippen MR) is 166 cm³/mol. The van der Waals surface area contributed by atoms with Gasteiger partial charge >= 0.3 is 0 Å². The number of nitrogens with zero attached hydrogens (tertiary/aromatic N) is 3. The number of halogens is 1. The van der Waals surface area contributed by atoms with Crippen molar-refractivity contribution in [3.63, 3.8) is 0 Å². The minimum atomic E-state index is -0.479. The van der Waals surface area contributed by atoms with Crippen LogP contribution in [0.2, 0.25) is 0 Å². The topological polar surface area (TPSA) is 88.9 Å². The smallest absolute Gasteiger partial charge is 0.255 e. The number of anilines is 2. The lowest BCUT2D eigenvalue weighted by Crippen LogP contribution is -2.12. The van der Waals surface area contributed by atoms with Crippen LogP contribution in [0.5, 0.6) is 0 Å². The highest BCUT2D eigenvalue weighted by Gasteiger charge is 2.14. The Morgan fingerprint density at radius 2 is 1.57 bits per heavy atom. The van der Waals surface area contributed by atoms with E-state index < -0.39 is 5.82 Å². The molecule has 0 fully saturated rings. The van der Waals surface area contributed by atoms with Crippen molar-refractivity contribution >= 4 is 41.0 Å². The fourth-order valence-corrected chi connectivity index (χ4v) is 5.13. The average Bonchev–Trinajstić information content (AvgIpc) is 3.44. The monoisotopic (exact) mass is 577 g/mol. The molecule has 1 aromatic heterocycles. The van der Waals surface area contributed by atoms with Gasteiger partial charge in [-0.3, -0.25) is 9.59 Å². The average molecular weight is 578 g/mol. The second kappa shape index (κ2) is 13.6. The van der Waals surface area contributed by atoms with Crippen molar-refractivity contribution < 1.29 is 14.0 Å². The van der Waals surface area contributed by atoms with Gasteiger partial charge in [0.2, 0.25) is 5.91 Å². The van der Waals surface area contributed by atoms with Gasteiger partial charge in [-0.15, -0.1) is 10.2 Å². The minimum Gasteiger partial charge on any atom is -0.323 e. The first-order valence-electron chi connectivity index (χ1n) is 13.4. The molecular formula is C33H28FN5O2S. The van der Waals surface area contributed by atoms with Gasteiger partial charge in [0.15, 0.2) is 11.0 Å². The standard InChI is InChI=1S/C33H28FN5O2S/c1-2-39-31(25-17-19-27(20-18-25)35-30(40)21-14-23-8-4-3-5-9-23)37-38-33(39)42-22-24-12-15-26(16-13-24)32(41)36-29-11-7-6-10-28(29)34/h3-21H,2,22H2,1H3,(H,35,40)(H,36,41)/b21-14+. The summed E-state index contributed by atoms with van der Waals surface area (Å²) in [5.74, 6) is 0.314. The zero-order valence-electron chi connectivity index (χ0n) is 22.8. The third kappa shape index (κ3) is 7.18. The maximum absolute atomic E-state index is 13.9. The summed E-state index contributed by atoms with van der Waals surface area (Å²) in [6.45, 7) is 2.72. The molecule has 7 nitrogen and oxygen atoms in total. The number of carbonyl (C=O) groups excluding carboxylic acids is 2. The van der Waals surface area contributed by atoms with E-state index in [0.717, 1.165) is 27.7 Å². The fraction of sp³-hybridized carbons (Fsp3) is 0.0909. The minimum absolute atomic E-state index is 0.146. The highest BCUT2D eigenvalue weighted by Crippen LogP contribution is 2.27. The Labute approximate surface area is 247 Å². The fourth-order valence-electron chi connectivity index (χ4n) is 4.17. The van der Waals surface area contributed by atoms with E-state index in [-0.39, 0.29) is 17.5 Å². The largest absolute Gasteiger partial charge is 0.323 e. The molecule has 0 aliphatic heterocycles. The third-order valence-corrected chi connectivity index (χ3v) is 7.41. The van der Waals surface area contributed by atoms with E-state index >= 15 is 0 Å². The Bertz CT molecular complexity index is 1700. The Morgan fingerprint density at radius 3 is 2.29 bits per heavy atom. The van der Waals surface area contributed by atoms with Crippen LogP contribution >= 0.6 is 11.8 Å². The van der Waals surface area contributed by atoms with Gasteiger partial charge in [0.05, 0.1) is 5.69 Å². The van der Waals surface area contributed by atoms with Crippen molar-refractivity contribution in [1.82, 2.24) is 14.8 Å². The number of para-hydroxylation sites is 1. The molecule has 5 aromatic rings. The van der Waals surface area contributed by atoms with Gasteiger partial charge in [0.25, 0.3) is 5.91 Å². The first-order chi connectivity index (χ1) is 20.5. The van der Waals surface area contributed by atoms with Gasteiger partial charge in [-0.2, -0.15) is 0 Å². The van der Waals surface area contributed by atoms with Gasteiger partial charge in [-0.1, -0.05) is 66.4 Å². The normalized spacial score (nSPS) is 11.0. The molecule has 0 unspecified atom stereocenters. The Kier molecular flexibility index (Phi) is 9.20. The van der Waals surface area contributed by atoms with Gasteiger partial charge in [-0.05, 0) is 72.7 Å². The molecule has 42 heavy (non-hydrogen) atoms. The van der Waals surface area contributed by atoms with Crippen LogP contribution in [0.1, 0.15) is 28.4 Å². The number of nitrogens with one attached hydrogen (secondary N) is 2. The molecule has 4 aromatic carbocycles. The Hall–Kier alpha value is -5.02. The van der Waals surface area contributed by atoms with Crippen LogP contribution in [-0.4, -0.2) is 26.6 Å². The molecule has 2 N–H and O–H groups in total. The highest BCUT2D eigenvalue weighted by molar-refractivity contribution is 7.98. The molecule has 0 atom stereocenters. The van der Waals surface area contributed by atoms with E-state index in [1.807, 2.05) is 78.2 Å². The summed E-state index contributed by atoms with van der Waals surface area (Å²) in [6.07, 6.45) is 3.28. The van der Waals surface area contributed by atoms with Crippen molar-refractivity contribution in [2.24, 2.45) is 0 Å². The van der Waals surface area contributed by atoms with Crippen molar-refractivity contribution in [2.45, 2.75) is 24.4 Å². The highest BCUT2D eigenvalue weighted by atomic mass is 32.2. The van der Waals surface area contributed by atoms with Crippen LogP contribution < -0.4 is 10.6 Å². The summed E-state index contributed by atoms with van der Waals surface area (Å²) in [6, 6.07) is 30.4. The third-order valence-electron chi connectivity index (χ3n) is 6.38. The molecule has 210 valence electrons. The zero-order valence-corrected chi connectivity index (χ0v) is 23.6. The molecule has 0 saturated heterocycles. The van der Waals surface area contributed by atoms with E-state index in [1.165, 1.54) is 18.2 Å². The number of hydrogen-bond donors (Lipinski definition) is 2. The molecular weight excluding hydrogens is 549 g/mol. The zero-order chi connectivity index (χ0) is 29.3. The van der Waals surface area contributed by atoms with Crippen LogP contribution in [-0.2, 0) is 17.1 Å². The molecule has 0 spiro atoms. The summed E-state index contributed by atoms with van der Waals surface area (Å²) in [5, 5.41) is 15.1. The lowest BCUT2D eigenvalue weighted by atomic mass is 10.1. The summed E-state index contributed by atoms with van der Waals surface area (Å²) >= 11 is 1.55. The molecule has 0 aliphatic rings. The molecule has 0 bridgehead atoms. The van der Waals surface area contributed by atoms with Crippen LogP contribution in [0.3, 0.4) is 0 Å². The van der Waals surface area contributed by atoms with Crippen LogP contribution in [0.4, 0.5) is 15.8 Å². The van der Waals surface area contributed by atoms with E-state index in [2.05, 4.69) is 20.8 Å². The number of thioether (sulfide) groups is 1. The second-order valence-corrected chi connectivity index (χ2v) is 10.2. The molecule has 2 amide bonds. The lowest BCUT2D eigenvalue weighted by Gasteiger charge is -2.09. The van der Waals surface area contributed by atoms with Gasteiger partial charge in [0.1, 0.15) is 5.82 Å². The SMILES string of the molecule is CCn1c(SCc2ccc(C(=O)Nc3ccccc3F)cc2)nnc1-c1ccc(NC(=O)/C=C/c2ccccc2)cc1. The van der Waals surface area contributed by atoms with Crippen molar-refractivity contribution in [2.75, 3.05) is 10.6 Å². The summed E-state index contributed by atoms with van der Waals surface area (Å²) in [5.41, 5.74) is 4.13. The van der Waals surface area contributed by atoms with E-state index in [9.17, 15) is 14.0 Å². The Morgan fingerprint density at radius 1 is 0.857 bits per heavy atom. The van der Waals surface area contributed by atoms with Crippen LogP contribution in [0.25, 0.3) is 17.5 Å². The molecule has 0 saturated carbocycles. The molecule has 9 heteroatoms. The number of aromatic nitrogens is 3. The van der Waals surface area contributed by atoms with Gasteiger partial charge < -0.3 is 15.2 Å². The number of amides is 2. The van der Waals surface area contributed by atoms with Crippen molar-refractivity contribution in [1.29, 1.82) is 0 Å². The van der Waals surface area contributed by atoms with Gasteiger partial charge in [-0.25, -0.2) is 4.39 Å². The molecule has 0 radical (unpaired) electrons. The molecule has 1 heterocycles. The van der Waals surface area contributed by atoms with Crippen molar-refractivity contribution in [3.05, 3.63) is 132 Å². The molecule has 5 rings (SSSR count). The Balaban J connectivity index is 1.18. The second-order valence-electron chi connectivity index (χ2n) is 9.28. The maximum atomic E-state index is 13.9. The quantitative estimate of drug-likeness (QED) is 0.134. The van der Waals surface area contributed by atoms with E-state index in [0.29, 0.717) is 23.5 Å². The number of hydrogen-bond acceptors (Lipinski definition) is 5. The predicted octanol–water partition coefficient (Wildman–Crippen LogP) is 7.30. The number of carbonyl (C=O) groups is 2. The summed E-state index contributed by atoms with van der Waals surface area (Å²) < 4.78 is 15.9. The number of benzene rings is 4. The van der Waals surface area contributed by atoms with E-state index in [4.69, 9.17) is 0 Å². The summed E-state index contributed by atoms with van der Waals surface area (Å²) in [4.78, 5) is 24.8. The first-order valence-corrected chi connectivity index (χ1v) is 14.3. The maximum Gasteiger partial charge on any atom is 0.255 e. The number of rotatable bonds is 10. The van der Waals surface area contributed by atoms with E-state index in [1.54, 1.807) is 42.1 Å². The summed E-state index contributed by atoms with van der Waals surface area (Å²) in [7, 11) is 0. The van der Waals surface area contributed by atoms with Crippen LogP contribution in [0, 0.1) is 5.82 Å². The van der Waals surface area contributed by atoms with Crippen LogP contribution in [0.15, 0.2) is 114 Å². The van der Waals surface area contributed by atoms with Crippen molar-refractivity contribution in [3.8, 4) is 11.4 Å². The molecule has 0 aliphatic carbocycles. The van der Waals surface area contributed by atoms with Gasteiger partial charge in [0, 0.05) is 35.2 Å². The first kappa shape index (κ1) is 28.5. The lowest BCUT2D eigenvalue weighted by molar-refractivity contribution is -0.111.